The van der Waals surface area contributed by atoms with E-state index in [0.29, 0.717) is 23.5 Å². The Kier molecular flexibility index (Phi) is 6.17. The molecule has 0 aliphatic rings. The number of hydrogen-bond acceptors (Lipinski definition) is 5. The maximum atomic E-state index is 13.2. The molecule has 174 valence electrons. The fourth-order valence-corrected chi connectivity index (χ4v) is 3.77. The zero-order valence-corrected chi connectivity index (χ0v) is 18.9. The van der Waals surface area contributed by atoms with Gasteiger partial charge >= 0.3 is 0 Å². The van der Waals surface area contributed by atoms with Crippen LogP contribution in [0.2, 0.25) is 0 Å². The van der Waals surface area contributed by atoms with Crippen molar-refractivity contribution >= 4 is 5.91 Å². The maximum Gasteiger partial charge on any atom is 0.252 e. The number of benzene rings is 3. The van der Waals surface area contributed by atoms with Crippen molar-refractivity contribution < 1.29 is 13.7 Å². The molecule has 0 radical (unpaired) electrons. The Morgan fingerprint density at radius 3 is 2.49 bits per heavy atom. The van der Waals surface area contributed by atoms with Crippen molar-refractivity contribution in [2.24, 2.45) is 0 Å². The number of rotatable bonds is 7. The number of amides is 1. The van der Waals surface area contributed by atoms with Gasteiger partial charge in [-0.1, -0.05) is 47.6 Å². The third kappa shape index (κ3) is 5.01. The summed E-state index contributed by atoms with van der Waals surface area (Å²) in [6, 6.07) is 22.7. The SMILES string of the molecule is CC(NC(=O)c1ccccc1-c1ccc(Cn2cccn2)cc1)c1nc(-c2ccc(F)cc2)no1. The Labute approximate surface area is 201 Å². The Balaban J connectivity index is 1.31. The van der Waals surface area contributed by atoms with Gasteiger partial charge in [0.1, 0.15) is 11.9 Å². The molecular formula is C27H22FN5O2. The number of nitrogens with one attached hydrogen (secondary N) is 1. The number of hydrogen-bond donors (Lipinski definition) is 1. The van der Waals surface area contributed by atoms with E-state index >= 15 is 0 Å². The van der Waals surface area contributed by atoms with Crippen LogP contribution in [-0.4, -0.2) is 25.8 Å². The summed E-state index contributed by atoms with van der Waals surface area (Å²) in [4.78, 5) is 17.5. The molecule has 5 rings (SSSR count). The Bertz CT molecular complexity index is 1430. The van der Waals surface area contributed by atoms with Gasteiger partial charge < -0.3 is 9.84 Å². The Morgan fingerprint density at radius 2 is 1.74 bits per heavy atom. The molecular weight excluding hydrogens is 445 g/mol. The largest absolute Gasteiger partial charge is 0.340 e. The van der Waals surface area contributed by atoms with E-state index in [0.717, 1.165) is 16.7 Å². The minimum absolute atomic E-state index is 0.254. The van der Waals surface area contributed by atoms with Crippen LogP contribution in [0.25, 0.3) is 22.5 Å². The maximum absolute atomic E-state index is 13.2. The lowest BCUT2D eigenvalue weighted by Gasteiger charge is -2.13. The topological polar surface area (TPSA) is 85.8 Å². The highest BCUT2D eigenvalue weighted by Gasteiger charge is 2.20. The highest BCUT2D eigenvalue weighted by atomic mass is 19.1. The number of nitrogens with zero attached hydrogens (tertiary/aromatic N) is 4. The number of halogens is 1. The molecule has 0 saturated heterocycles. The van der Waals surface area contributed by atoms with E-state index < -0.39 is 6.04 Å². The van der Waals surface area contributed by atoms with E-state index in [-0.39, 0.29) is 17.6 Å². The predicted octanol–water partition coefficient (Wildman–Crippen LogP) is 5.28. The average molecular weight is 468 g/mol. The normalized spacial score (nSPS) is 11.8. The summed E-state index contributed by atoms with van der Waals surface area (Å²) >= 11 is 0. The molecule has 1 atom stereocenters. The standard InChI is InChI=1S/C27H22FN5O2/c1-18(27-31-25(32-35-27)21-11-13-22(28)14-12-21)30-26(34)24-6-3-2-5-23(24)20-9-7-19(8-10-20)17-33-16-4-15-29-33/h2-16,18H,17H2,1H3,(H,30,34). The smallest absolute Gasteiger partial charge is 0.252 e. The first-order valence-corrected chi connectivity index (χ1v) is 11.1. The first-order chi connectivity index (χ1) is 17.1. The molecule has 7 nitrogen and oxygen atoms in total. The van der Waals surface area contributed by atoms with E-state index in [2.05, 4.69) is 20.6 Å². The van der Waals surface area contributed by atoms with Gasteiger partial charge in [0.05, 0.1) is 6.54 Å². The summed E-state index contributed by atoms with van der Waals surface area (Å²) in [6.45, 7) is 2.45. The molecule has 5 aromatic rings. The first-order valence-electron chi connectivity index (χ1n) is 11.1. The van der Waals surface area contributed by atoms with Crippen molar-refractivity contribution in [3.8, 4) is 22.5 Å². The average Bonchev–Trinajstić information content (AvgIpc) is 3.58. The van der Waals surface area contributed by atoms with Crippen molar-refractivity contribution in [2.75, 3.05) is 0 Å². The lowest BCUT2D eigenvalue weighted by Crippen LogP contribution is -2.27. The molecule has 0 saturated carbocycles. The molecule has 0 aliphatic heterocycles. The third-order valence-corrected chi connectivity index (χ3v) is 5.60. The third-order valence-electron chi connectivity index (χ3n) is 5.60. The number of aromatic nitrogens is 4. The van der Waals surface area contributed by atoms with Gasteiger partial charge in [-0.25, -0.2) is 4.39 Å². The van der Waals surface area contributed by atoms with E-state index in [1.165, 1.54) is 12.1 Å². The molecule has 8 heteroatoms. The van der Waals surface area contributed by atoms with Crippen LogP contribution in [0.3, 0.4) is 0 Å². The zero-order valence-electron chi connectivity index (χ0n) is 18.9. The molecule has 0 fully saturated rings. The van der Waals surface area contributed by atoms with Crippen LogP contribution in [0.4, 0.5) is 4.39 Å². The fourth-order valence-electron chi connectivity index (χ4n) is 3.77. The number of carbonyl (C=O) groups excluding carboxylic acids is 1. The van der Waals surface area contributed by atoms with Crippen LogP contribution >= 0.6 is 0 Å². The summed E-state index contributed by atoms with van der Waals surface area (Å²) in [5, 5.41) is 11.1. The number of carbonyl (C=O) groups is 1. The quantitative estimate of drug-likeness (QED) is 0.352. The van der Waals surface area contributed by atoms with Gasteiger partial charge in [-0.05, 0) is 60.0 Å². The minimum Gasteiger partial charge on any atom is -0.340 e. The molecule has 2 aromatic heterocycles. The molecule has 1 unspecified atom stereocenters. The minimum atomic E-state index is -0.520. The van der Waals surface area contributed by atoms with Gasteiger partial charge in [0.2, 0.25) is 11.7 Å². The van der Waals surface area contributed by atoms with Gasteiger partial charge in [0.25, 0.3) is 5.91 Å². The summed E-state index contributed by atoms with van der Waals surface area (Å²) in [6.07, 6.45) is 3.67. The summed E-state index contributed by atoms with van der Waals surface area (Å²) < 4.78 is 20.4. The van der Waals surface area contributed by atoms with Crippen molar-refractivity contribution in [1.82, 2.24) is 25.2 Å². The molecule has 1 N–H and O–H groups in total. The lowest BCUT2D eigenvalue weighted by molar-refractivity contribution is 0.0933. The van der Waals surface area contributed by atoms with Gasteiger partial charge in [0, 0.05) is 23.5 Å². The van der Waals surface area contributed by atoms with E-state index in [4.69, 9.17) is 4.52 Å². The van der Waals surface area contributed by atoms with Crippen LogP contribution in [0.15, 0.2) is 95.8 Å². The molecule has 0 bridgehead atoms. The van der Waals surface area contributed by atoms with Crippen molar-refractivity contribution in [1.29, 1.82) is 0 Å². The Morgan fingerprint density at radius 1 is 1.00 bits per heavy atom. The molecule has 0 aliphatic carbocycles. The second-order valence-corrected chi connectivity index (χ2v) is 8.10. The molecule has 2 heterocycles. The predicted molar refractivity (Wildman–Crippen MR) is 129 cm³/mol. The molecule has 0 spiro atoms. The second-order valence-electron chi connectivity index (χ2n) is 8.10. The highest BCUT2D eigenvalue weighted by molar-refractivity contribution is 6.01. The van der Waals surface area contributed by atoms with Gasteiger partial charge in [0.15, 0.2) is 0 Å². The summed E-state index contributed by atoms with van der Waals surface area (Å²) in [7, 11) is 0. The second kappa shape index (κ2) is 9.72. The summed E-state index contributed by atoms with van der Waals surface area (Å²) in [5.41, 5.74) is 4.03. The van der Waals surface area contributed by atoms with E-state index in [9.17, 15) is 9.18 Å². The van der Waals surface area contributed by atoms with Crippen LogP contribution in [-0.2, 0) is 6.54 Å². The van der Waals surface area contributed by atoms with Crippen molar-refractivity contribution in [2.45, 2.75) is 19.5 Å². The first kappa shape index (κ1) is 22.2. The van der Waals surface area contributed by atoms with Gasteiger partial charge in [-0.15, -0.1) is 0 Å². The van der Waals surface area contributed by atoms with Crippen LogP contribution in [0.5, 0.6) is 0 Å². The molecule has 35 heavy (non-hydrogen) atoms. The van der Waals surface area contributed by atoms with E-state index in [1.807, 2.05) is 59.4 Å². The van der Waals surface area contributed by atoms with Gasteiger partial charge in [-0.3, -0.25) is 9.48 Å². The van der Waals surface area contributed by atoms with Crippen LogP contribution < -0.4 is 5.32 Å². The lowest BCUT2D eigenvalue weighted by atomic mass is 9.98. The van der Waals surface area contributed by atoms with E-state index in [1.54, 1.807) is 31.3 Å². The zero-order chi connectivity index (χ0) is 24.2. The molecule has 1 amide bonds. The monoisotopic (exact) mass is 467 g/mol. The highest BCUT2D eigenvalue weighted by Crippen LogP contribution is 2.25. The van der Waals surface area contributed by atoms with Crippen molar-refractivity contribution in [3.05, 3.63) is 114 Å². The fraction of sp³-hybridized carbons (Fsp3) is 0.111. The van der Waals surface area contributed by atoms with Gasteiger partial charge in [-0.2, -0.15) is 10.1 Å². The molecule has 3 aromatic carbocycles. The Hall–Kier alpha value is -4.59. The summed E-state index contributed by atoms with van der Waals surface area (Å²) in [5.74, 6) is -0.00519. The van der Waals surface area contributed by atoms with Crippen LogP contribution in [0.1, 0.15) is 34.8 Å². The van der Waals surface area contributed by atoms with Crippen LogP contribution in [0, 0.1) is 5.82 Å². The van der Waals surface area contributed by atoms with Crippen molar-refractivity contribution in [3.63, 3.8) is 0 Å².